The monoisotopic (exact) mass is 350 g/mol. The molecule has 0 bridgehead atoms. The molecule has 3 aromatic rings. The van der Waals surface area contributed by atoms with Gasteiger partial charge in [-0.05, 0) is 29.8 Å². The van der Waals surface area contributed by atoms with E-state index < -0.39 is 0 Å². The normalized spacial score (nSPS) is 11.5. The van der Waals surface area contributed by atoms with Gasteiger partial charge in [-0.3, -0.25) is 0 Å². The van der Waals surface area contributed by atoms with E-state index in [0.29, 0.717) is 17.2 Å². The second-order valence-corrected chi connectivity index (χ2v) is 5.69. The first-order chi connectivity index (χ1) is 10.1. The van der Waals surface area contributed by atoms with E-state index in [4.69, 9.17) is 0 Å². The second-order valence-electron chi connectivity index (χ2n) is 4.94. The number of rotatable bonds is 4. The summed E-state index contributed by atoms with van der Waals surface area (Å²) in [6.45, 7) is 4.71. The lowest BCUT2D eigenvalue weighted by Gasteiger charge is -2.11. The molecule has 0 amide bonds. The van der Waals surface area contributed by atoms with Crippen molar-refractivity contribution in [3.8, 4) is 0 Å². The molecule has 110 valence electrons. The summed E-state index contributed by atoms with van der Waals surface area (Å²) < 4.78 is 4.44. The maximum Gasteiger partial charge on any atom is 0.164 e. The van der Waals surface area contributed by atoms with Crippen molar-refractivity contribution >= 4 is 32.8 Å². The average Bonchev–Trinajstić information content (AvgIpc) is 3.03. The zero-order chi connectivity index (χ0) is 15.0. The molecule has 3 heterocycles. The molecule has 0 aliphatic carbocycles. The van der Waals surface area contributed by atoms with Crippen LogP contribution in [-0.2, 0) is 13.6 Å². The van der Waals surface area contributed by atoms with Gasteiger partial charge in [0.05, 0.1) is 11.9 Å². The van der Waals surface area contributed by atoms with Gasteiger partial charge in [0.1, 0.15) is 23.1 Å². The molecule has 0 saturated carbocycles. The SMILES string of the molecule is CC(C)n1cnnc1CNc1ncnc2c1c(Br)nn2C. The maximum absolute atomic E-state index is 4.30. The van der Waals surface area contributed by atoms with Crippen LogP contribution < -0.4 is 5.32 Å². The molecule has 21 heavy (non-hydrogen) atoms. The molecule has 9 heteroatoms. The van der Waals surface area contributed by atoms with Crippen molar-refractivity contribution in [1.29, 1.82) is 0 Å². The van der Waals surface area contributed by atoms with E-state index >= 15 is 0 Å². The lowest BCUT2D eigenvalue weighted by molar-refractivity contribution is 0.572. The van der Waals surface area contributed by atoms with Gasteiger partial charge in [-0.1, -0.05) is 0 Å². The first-order valence-electron chi connectivity index (χ1n) is 6.53. The number of hydrogen-bond acceptors (Lipinski definition) is 6. The molecule has 0 aliphatic heterocycles. The molecule has 0 saturated heterocycles. The van der Waals surface area contributed by atoms with Crippen molar-refractivity contribution in [3.63, 3.8) is 0 Å². The number of anilines is 1. The summed E-state index contributed by atoms with van der Waals surface area (Å²) >= 11 is 3.44. The first-order valence-corrected chi connectivity index (χ1v) is 7.32. The van der Waals surface area contributed by atoms with E-state index in [-0.39, 0.29) is 0 Å². The van der Waals surface area contributed by atoms with E-state index in [1.165, 1.54) is 6.33 Å². The molecule has 0 radical (unpaired) electrons. The van der Waals surface area contributed by atoms with Gasteiger partial charge in [0.25, 0.3) is 0 Å². The summed E-state index contributed by atoms with van der Waals surface area (Å²) in [5.74, 6) is 1.58. The van der Waals surface area contributed by atoms with Gasteiger partial charge in [-0.2, -0.15) is 5.10 Å². The van der Waals surface area contributed by atoms with Crippen molar-refractivity contribution in [3.05, 3.63) is 23.1 Å². The predicted molar refractivity (Wildman–Crippen MR) is 81.7 cm³/mol. The Morgan fingerprint density at radius 2 is 2.14 bits per heavy atom. The summed E-state index contributed by atoms with van der Waals surface area (Å²) in [4.78, 5) is 8.53. The minimum atomic E-state index is 0.312. The number of aryl methyl sites for hydroxylation is 1. The lowest BCUT2D eigenvalue weighted by atomic mass is 10.3. The van der Waals surface area contributed by atoms with Gasteiger partial charge in [0, 0.05) is 13.1 Å². The summed E-state index contributed by atoms with van der Waals surface area (Å²) in [5.41, 5.74) is 0.768. The highest BCUT2D eigenvalue weighted by molar-refractivity contribution is 9.10. The topological polar surface area (TPSA) is 86.3 Å². The van der Waals surface area contributed by atoms with E-state index in [1.54, 1.807) is 11.0 Å². The van der Waals surface area contributed by atoms with Crippen molar-refractivity contribution in [2.45, 2.75) is 26.4 Å². The van der Waals surface area contributed by atoms with Crippen LogP contribution in [0.2, 0.25) is 0 Å². The summed E-state index contributed by atoms with van der Waals surface area (Å²) in [6.07, 6.45) is 3.25. The highest BCUT2D eigenvalue weighted by Crippen LogP contribution is 2.27. The third-order valence-corrected chi connectivity index (χ3v) is 3.75. The fraction of sp³-hybridized carbons (Fsp3) is 0.417. The van der Waals surface area contributed by atoms with Crippen LogP contribution in [0.15, 0.2) is 17.3 Å². The highest BCUT2D eigenvalue weighted by Gasteiger charge is 2.14. The standard InChI is InChI=1S/C12H15BrN8/c1-7(2)21-6-17-18-8(21)4-14-11-9-10(13)19-20(3)12(9)16-5-15-11/h5-7H,4H2,1-3H3,(H,14,15,16). The van der Waals surface area contributed by atoms with E-state index in [9.17, 15) is 0 Å². The summed E-state index contributed by atoms with van der Waals surface area (Å²) in [6, 6.07) is 0.312. The molecule has 0 aromatic carbocycles. The molecule has 8 nitrogen and oxygen atoms in total. The van der Waals surface area contributed by atoms with E-state index in [0.717, 1.165) is 22.7 Å². The molecule has 0 spiro atoms. The van der Waals surface area contributed by atoms with Gasteiger partial charge in [-0.25, -0.2) is 14.6 Å². The van der Waals surface area contributed by atoms with Gasteiger partial charge < -0.3 is 9.88 Å². The molecule has 3 rings (SSSR count). The molecule has 0 unspecified atom stereocenters. The van der Waals surface area contributed by atoms with Crippen LogP contribution in [0.3, 0.4) is 0 Å². The number of nitrogens with zero attached hydrogens (tertiary/aromatic N) is 7. The number of halogens is 1. The Morgan fingerprint density at radius 3 is 2.90 bits per heavy atom. The van der Waals surface area contributed by atoms with Gasteiger partial charge >= 0.3 is 0 Å². The van der Waals surface area contributed by atoms with Gasteiger partial charge in [-0.15, -0.1) is 10.2 Å². The second kappa shape index (κ2) is 5.40. The van der Waals surface area contributed by atoms with Crippen LogP contribution in [0.1, 0.15) is 25.7 Å². The Labute approximate surface area is 129 Å². The van der Waals surface area contributed by atoms with Crippen LogP contribution in [0, 0.1) is 0 Å². The minimum absolute atomic E-state index is 0.312. The van der Waals surface area contributed by atoms with Crippen LogP contribution in [0.5, 0.6) is 0 Å². The predicted octanol–water partition coefficient (Wildman–Crippen LogP) is 1.91. The van der Waals surface area contributed by atoms with Crippen molar-refractivity contribution in [2.75, 3.05) is 5.32 Å². The first kappa shape index (κ1) is 13.9. The molecule has 0 atom stereocenters. The lowest BCUT2D eigenvalue weighted by Crippen LogP contribution is -2.11. The Balaban J connectivity index is 1.90. The van der Waals surface area contributed by atoms with Crippen LogP contribution in [0.4, 0.5) is 5.82 Å². The Bertz CT molecular complexity index is 775. The molecule has 0 fully saturated rings. The number of fused-ring (bicyclic) bond motifs is 1. The summed E-state index contributed by atoms with van der Waals surface area (Å²) in [5, 5.41) is 16.5. The highest BCUT2D eigenvalue weighted by atomic mass is 79.9. The Morgan fingerprint density at radius 1 is 1.33 bits per heavy atom. The van der Waals surface area contributed by atoms with E-state index in [2.05, 4.69) is 60.4 Å². The smallest absolute Gasteiger partial charge is 0.164 e. The van der Waals surface area contributed by atoms with Crippen molar-refractivity contribution in [1.82, 2.24) is 34.5 Å². The Kier molecular flexibility index (Phi) is 3.58. The largest absolute Gasteiger partial charge is 0.362 e. The van der Waals surface area contributed by atoms with Crippen LogP contribution in [-0.4, -0.2) is 34.5 Å². The maximum atomic E-state index is 4.30. The minimum Gasteiger partial charge on any atom is -0.362 e. The number of nitrogens with one attached hydrogen (secondary N) is 1. The zero-order valence-electron chi connectivity index (χ0n) is 11.9. The van der Waals surface area contributed by atoms with Gasteiger partial charge in [0.2, 0.25) is 0 Å². The van der Waals surface area contributed by atoms with Crippen LogP contribution >= 0.6 is 15.9 Å². The van der Waals surface area contributed by atoms with Crippen molar-refractivity contribution in [2.24, 2.45) is 7.05 Å². The zero-order valence-corrected chi connectivity index (χ0v) is 13.5. The number of hydrogen-bond donors (Lipinski definition) is 1. The fourth-order valence-electron chi connectivity index (χ4n) is 2.16. The van der Waals surface area contributed by atoms with Crippen LogP contribution in [0.25, 0.3) is 11.0 Å². The molecule has 0 aliphatic rings. The third-order valence-electron chi connectivity index (χ3n) is 3.20. The molecular weight excluding hydrogens is 336 g/mol. The summed E-state index contributed by atoms with van der Waals surface area (Å²) in [7, 11) is 1.85. The van der Waals surface area contributed by atoms with Crippen molar-refractivity contribution < 1.29 is 0 Å². The fourth-order valence-corrected chi connectivity index (χ4v) is 2.76. The Hall–Kier alpha value is -2.03. The quantitative estimate of drug-likeness (QED) is 0.773. The molecule has 1 N–H and O–H groups in total. The van der Waals surface area contributed by atoms with Gasteiger partial charge in [0.15, 0.2) is 11.5 Å². The van der Waals surface area contributed by atoms with E-state index in [1.807, 2.05) is 11.6 Å². The average molecular weight is 351 g/mol. The number of aromatic nitrogens is 7. The third kappa shape index (κ3) is 2.48. The molecule has 3 aromatic heterocycles. The molecular formula is C12H15BrN8.